The van der Waals surface area contributed by atoms with E-state index in [2.05, 4.69) is 15.2 Å². The second-order valence-electron chi connectivity index (χ2n) is 10.0. The number of hydrogen-bond acceptors (Lipinski definition) is 7. The number of rotatable bonds is 8. The fourth-order valence-corrected chi connectivity index (χ4v) is 5.25. The SMILES string of the molecule is N=C/C(=C\N)c1c(Oc2ccc(NC(=O)c3ccc(OC(F)(F)F)n(-c4ccc(F)cc4)c3=O)cc2F)cc2cnn3c2c1CC3. The number of allylic oxidation sites excluding steroid dienone is 1. The Morgan fingerprint density at radius 3 is 2.48 bits per heavy atom. The fourth-order valence-electron chi connectivity index (χ4n) is 5.25. The third-order valence-electron chi connectivity index (χ3n) is 7.19. The van der Waals surface area contributed by atoms with E-state index in [0.29, 0.717) is 28.7 Å². The van der Waals surface area contributed by atoms with Crippen LogP contribution in [0.15, 0.2) is 77.9 Å². The monoisotopic (exact) mass is 636 g/mol. The van der Waals surface area contributed by atoms with Crippen molar-refractivity contribution in [1.82, 2.24) is 14.3 Å². The molecule has 10 nitrogen and oxygen atoms in total. The van der Waals surface area contributed by atoms with Gasteiger partial charge in [0.05, 0.1) is 17.4 Å². The minimum absolute atomic E-state index is 0.101. The van der Waals surface area contributed by atoms with Crippen molar-refractivity contribution >= 4 is 34.3 Å². The number of amides is 1. The molecule has 0 unspecified atom stereocenters. The van der Waals surface area contributed by atoms with Gasteiger partial charge in [-0.1, -0.05) is 0 Å². The first-order valence-electron chi connectivity index (χ1n) is 13.5. The van der Waals surface area contributed by atoms with Gasteiger partial charge in [0.25, 0.3) is 11.5 Å². The highest BCUT2D eigenvalue weighted by molar-refractivity contribution is 6.12. The van der Waals surface area contributed by atoms with Crippen LogP contribution < -0.4 is 26.1 Å². The van der Waals surface area contributed by atoms with Crippen LogP contribution in [0.5, 0.6) is 17.4 Å². The van der Waals surface area contributed by atoms with Gasteiger partial charge in [-0.3, -0.25) is 14.3 Å². The molecule has 234 valence electrons. The predicted molar refractivity (Wildman–Crippen MR) is 157 cm³/mol. The summed E-state index contributed by atoms with van der Waals surface area (Å²) in [5, 5.41) is 15.2. The average molecular weight is 637 g/mol. The molecule has 0 fully saturated rings. The van der Waals surface area contributed by atoms with E-state index >= 15 is 4.39 Å². The number of carbonyl (C=O) groups is 1. The second kappa shape index (κ2) is 11.5. The van der Waals surface area contributed by atoms with Crippen LogP contribution in [0, 0.1) is 17.0 Å². The smallest absolute Gasteiger partial charge is 0.454 e. The Morgan fingerprint density at radius 2 is 1.80 bits per heavy atom. The molecule has 46 heavy (non-hydrogen) atoms. The Balaban J connectivity index is 1.30. The molecule has 6 rings (SSSR count). The zero-order valence-corrected chi connectivity index (χ0v) is 23.4. The van der Waals surface area contributed by atoms with Crippen LogP contribution in [-0.4, -0.2) is 32.8 Å². The molecule has 3 aromatic carbocycles. The van der Waals surface area contributed by atoms with Crippen molar-refractivity contribution < 1.29 is 36.2 Å². The highest BCUT2D eigenvalue weighted by atomic mass is 19.4. The van der Waals surface area contributed by atoms with Gasteiger partial charge in [0.15, 0.2) is 11.6 Å². The number of aromatic nitrogens is 3. The summed E-state index contributed by atoms with van der Waals surface area (Å²) in [7, 11) is 0. The minimum atomic E-state index is -5.17. The van der Waals surface area contributed by atoms with Crippen LogP contribution in [0.4, 0.5) is 27.6 Å². The van der Waals surface area contributed by atoms with Crippen molar-refractivity contribution in [2.24, 2.45) is 5.73 Å². The Labute approximate surface area is 255 Å². The Bertz CT molecular complexity index is 2120. The molecule has 0 spiro atoms. The number of alkyl halides is 3. The van der Waals surface area contributed by atoms with E-state index in [-0.39, 0.29) is 22.9 Å². The molecule has 4 N–H and O–H groups in total. The number of halogens is 5. The molecule has 0 radical (unpaired) electrons. The van der Waals surface area contributed by atoms with E-state index in [1.807, 2.05) is 4.68 Å². The van der Waals surface area contributed by atoms with Crippen LogP contribution in [0.3, 0.4) is 0 Å². The van der Waals surface area contributed by atoms with Crippen molar-refractivity contribution in [2.45, 2.75) is 19.3 Å². The van der Waals surface area contributed by atoms with E-state index in [4.69, 9.17) is 15.9 Å². The van der Waals surface area contributed by atoms with Gasteiger partial charge in [-0.05, 0) is 60.5 Å². The van der Waals surface area contributed by atoms with E-state index in [1.165, 1.54) is 18.3 Å². The van der Waals surface area contributed by atoms with Crippen molar-refractivity contribution in [3.8, 4) is 23.1 Å². The van der Waals surface area contributed by atoms with Crippen molar-refractivity contribution in [3.63, 3.8) is 0 Å². The summed E-state index contributed by atoms with van der Waals surface area (Å²) in [6.07, 6.45) is -0.627. The summed E-state index contributed by atoms with van der Waals surface area (Å²) < 4.78 is 80.1. The fraction of sp³-hybridized carbons (Fsp3) is 0.0968. The normalized spacial score (nSPS) is 12.8. The number of aryl methyl sites for hydroxylation is 2. The summed E-state index contributed by atoms with van der Waals surface area (Å²) in [6.45, 7) is 0.612. The molecule has 1 amide bonds. The van der Waals surface area contributed by atoms with Gasteiger partial charge in [-0.25, -0.2) is 13.3 Å². The molecule has 15 heteroatoms. The van der Waals surface area contributed by atoms with E-state index in [1.54, 1.807) is 12.3 Å². The first kappa shape index (κ1) is 30.1. The summed E-state index contributed by atoms with van der Waals surface area (Å²) in [5.74, 6) is -3.65. The van der Waals surface area contributed by atoms with Gasteiger partial charge in [0.1, 0.15) is 17.1 Å². The van der Waals surface area contributed by atoms with E-state index in [0.717, 1.165) is 65.1 Å². The molecule has 0 atom stereocenters. The lowest BCUT2D eigenvalue weighted by atomic mass is 9.96. The van der Waals surface area contributed by atoms with E-state index < -0.39 is 40.9 Å². The van der Waals surface area contributed by atoms with Gasteiger partial charge >= 0.3 is 6.36 Å². The van der Waals surface area contributed by atoms with Gasteiger partial charge in [0.2, 0.25) is 5.88 Å². The quantitative estimate of drug-likeness (QED) is 0.143. The first-order valence-corrected chi connectivity index (χ1v) is 13.5. The summed E-state index contributed by atoms with van der Waals surface area (Å²) >= 11 is 0. The molecular formula is C31H21F5N6O4. The largest absolute Gasteiger partial charge is 0.574 e. The van der Waals surface area contributed by atoms with Gasteiger partial charge in [-0.2, -0.15) is 5.10 Å². The van der Waals surface area contributed by atoms with Gasteiger partial charge < -0.3 is 25.9 Å². The molecule has 1 aliphatic heterocycles. The number of nitrogens with one attached hydrogen (secondary N) is 2. The molecule has 5 aromatic rings. The highest BCUT2D eigenvalue weighted by Crippen LogP contribution is 2.41. The third-order valence-corrected chi connectivity index (χ3v) is 7.19. The summed E-state index contributed by atoms with van der Waals surface area (Å²) in [4.78, 5) is 26.3. The van der Waals surface area contributed by atoms with E-state index in [9.17, 15) is 27.2 Å². The first-order chi connectivity index (χ1) is 22.0. The molecule has 0 aliphatic carbocycles. The maximum Gasteiger partial charge on any atom is 0.574 e. The van der Waals surface area contributed by atoms with Crippen molar-refractivity contribution in [2.75, 3.05) is 5.32 Å². The Kier molecular flexibility index (Phi) is 7.51. The Hall–Kier alpha value is -5.99. The number of anilines is 1. The van der Waals surface area contributed by atoms with Gasteiger partial charge in [-0.15, -0.1) is 13.2 Å². The number of carbonyl (C=O) groups excluding carboxylic acids is 1. The van der Waals surface area contributed by atoms with Crippen LogP contribution >= 0.6 is 0 Å². The zero-order valence-electron chi connectivity index (χ0n) is 23.4. The molecule has 0 saturated heterocycles. The van der Waals surface area contributed by atoms with Crippen LogP contribution in [0.1, 0.15) is 21.5 Å². The minimum Gasteiger partial charge on any atom is -0.454 e. The van der Waals surface area contributed by atoms with Crippen LogP contribution in [-0.2, 0) is 13.0 Å². The predicted octanol–water partition coefficient (Wildman–Crippen LogP) is 5.91. The van der Waals surface area contributed by atoms with Crippen LogP contribution in [0.25, 0.3) is 22.2 Å². The molecule has 2 aromatic heterocycles. The standard InChI is InChI=1S/C31H21F5N6O4/c32-18-1-4-20(5-2-18)42-26(46-31(34,35)36)8-6-22(30(42)44)29(43)40-19-3-7-24(23(33)12-19)45-25-11-16-15-39-41-10-9-21(28(16)41)27(25)17(13-37)14-38/h1-8,11-15,37H,9-10,38H2,(H,40,43)/b17-14+,37-13?. The number of nitrogens with zero attached hydrogens (tertiary/aromatic N) is 3. The molecule has 0 saturated carbocycles. The molecule has 0 bridgehead atoms. The lowest BCUT2D eigenvalue weighted by Crippen LogP contribution is -2.31. The maximum atomic E-state index is 15.3. The molecule has 3 heterocycles. The lowest BCUT2D eigenvalue weighted by Gasteiger charge is -2.17. The average Bonchev–Trinajstić information content (AvgIpc) is 3.61. The number of benzene rings is 3. The lowest BCUT2D eigenvalue weighted by molar-refractivity contribution is -0.276. The zero-order chi connectivity index (χ0) is 32.7. The Morgan fingerprint density at radius 1 is 1.04 bits per heavy atom. The topological polar surface area (TPSA) is 137 Å². The van der Waals surface area contributed by atoms with Crippen LogP contribution in [0.2, 0.25) is 0 Å². The molecular weight excluding hydrogens is 615 g/mol. The number of ether oxygens (including phenoxy) is 2. The maximum absolute atomic E-state index is 15.3. The summed E-state index contributed by atoms with van der Waals surface area (Å²) in [6, 6.07) is 10.6. The number of pyridine rings is 1. The second-order valence-corrected chi connectivity index (χ2v) is 10.0. The summed E-state index contributed by atoms with van der Waals surface area (Å²) in [5.41, 5.74) is 6.22. The molecule has 1 aliphatic rings. The van der Waals surface area contributed by atoms with Gasteiger partial charge in [0, 0.05) is 53.3 Å². The van der Waals surface area contributed by atoms with Crippen molar-refractivity contribution in [1.29, 1.82) is 5.41 Å². The third kappa shape index (κ3) is 5.53. The highest BCUT2D eigenvalue weighted by Gasteiger charge is 2.33. The number of nitrogens with two attached hydrogens (primary N) is 1. The number of hydrogen-bond donors (Lipinski definition) is 3. The van der Waals surface area contributed by atoms with Crippen molar-refractivity contribution in [3.05, 3.63) is 112 Å².